The number of carbonyl (C=O) groups excluding carboxylic acids is 1. The Bertz CT molecular complexity index is 130. The SMILES string of the molecule is CC(=O)OC(C)CCCC(C)C. The summed E-state index contributed by atoms with van der Waals surface area (Å²) in [5.41, 5.74) is 0. The molecule has 0 aliphatic heterocycles. The van der Waals surface area contributed by atoms with Gasteiger partial charge in [-0.1, -0.05) is 20.3 Å². The molecule has 2 heteroatoms. The van der Waals surface area contributed by atoms with Crippen molar-refractivity contribution in [3.05, 3.63) is 0 Å². The molecule has 0 bridgehead atoms. The summed E-state index contributed by atoms with van der Waals surface area (Å²) in [4.78, 5) is 10.5. The molecule has 0 aromatic rings. The topological polar surface area (TPSA) is 26.3 Å². The van der Waals surface area contributed by atoms with E-state index in [1.807, 2.05) is 6.92 Å². The average molecular weight is 172 g/mol. The summed E-state index contributed by atoms with van der Waals surface area (Å²) in [5.74, 6) is 0.571. The molecule has 0 saturated carbocycles. The Labute approximate surface area is 75.3 Å². The molecular weight excluding hydrogens is 152 g/mol. The van der Waals surface area contributed by atoms with Gasteiger partial charge in [-0.25, -0.2) is 0 Å². The number of esters is 1. The molecule has 0 heterocycles. The first-order valence-corrected chi connectivity index (χ1v) is 4.69. The Morgan fingerprint density at radius 1 is 1.25 bits per heavy atom. The molecular formula is C10H20O2. The fourth-order valence-corrected chi connectivity index (χ4v) is 1.16. The van der Waals surface area contributed by atoms with Crippen LogP contribution in [0.5, 0.6) is 0 Å². The maximum atomic E-state index is 10.5. The van der Waals surface area contributed by atoms with Crippen molar-refractivity contribution in [3.63, 3.8) is 0 Å². The molecule has 1 unspecified atom stereocenters. The molecule has 0 aromatic carbocycles. The lowest BCUT2D eigenvalue weighted by atomic mass is 10.0. The van der Waals surface area contributed by atoms with E-state index in [2.05, 4.69) is 13.8 Å². The van der Waals surface area contributed by atoms with E-state index in [0.717, 1.165) is 18.8 Å². The molecule has 0 saturated heterocycles. The zero-order chi connectivity index (χ0) is 9.56. The number of rotatable bonds is 5. The van der Waals surface area contributed by atoms with Crippen molar-refractivity contribution in [2.24, 2.45) is 5.92 Å². The molecule has 2 nitrogen and oxygen atoms in total. The van der Waals surface area contributed by atoms with Crippen LogP contribution in [0.15, 0.2) is 0 Å². The molecule has 0 amide bonds. The van der Waals surface area contributed by atoms with Gasteiger partial charge >= 0.3 is 5.97 Å². The smallest absolute Gasteiger partial charge is 0.302 e. The Morgan fingerprint density at radius 3 is 2.25 bits per heavy atom. The largest absolute Gasteiger partial charge is 0.463 e. The van der Waals surface area contributed by atoms with E-state index in [-0.39, 0.29) is 12.1 Å². The zero-order valence-electron chi connectivity index (χ0n) is 8.59. The Morgan fingerprint density at radius 2 is 1.83 bits per heavy atom. The second-order valence-corrected chi connectivity index (χ2v) is 3.74. The van der Waals surface area contributed by atoms with Gasteiger partial charge in [0.2, 0.25) is 0 Å². The van der Waals surface area contributed by atoms with Gasteiger partial charge in [0, 0.05) is 6.92 Å². The minimum atomic E-state index is -0.174. The predicted molar refractivity (Wildman–Crippen MR) is 49.9 cm³/mol. The van der Waals surface area contributed by atoms with Crippen molar-refractivity contribution in [2.75, 3.05) is 0 Å². The Hall–Kier alpha value is -0.530. The molecule has 0 aromatic heterocycles. The highest BCUT2D eigenvalue weighted by molar-refractivity contribution is 5.66. The van der Waals surface area contributed by atoms with Crippen LogP contribution in [0.4, 0.5) is 0 Å². The zero-order valence-corrected chi connectivity index (χ0v) is 8.59. The van der Waals surface area contributed by atoms with Crippen LogP contribution in [0.3, 0.4) is 0 Å². The van der Waals surface area contributed by atoms with Crippen LogP contribution >= 0.6 is 0 Å². The third-order valence-corrected chi connectivity index (χ3v) is 1.76. The monoisotopic (exact) mass is 172 g/mol. The second-order valence-electron chi connectivity index (χ2n) is 3.74. The quantitative estimate of drug-likeness (QED) is 0.596. The lowest BCUT2D eigenvalue weighted by Gasteiger charge is -2.11. The van der Waals surface area contributed by atoms with Gasteiger partial charge in [0.05, 0.1) is 6.10 Å². The first-order valence-electron chi connectivity index (χ1n) is 4.69. The molecule has 72 valence electrons. The Kier molecular flexibility index (Phi) is 5.77. The van der Waals surface area contributed by atoms with Crippen LogP contribution in [-0.2, 0) is 9.53 Å². The van der Waals surface area contributed by atoms with Gasteiger partial charge in [-0.05, 0) is 25.7 Å². The van der Waals surface area contributed by atoms with E-state index in [4.69, 9.17) is 4.74 Å². The van der Waals surface area contributed by atoms with E-state index in [1.165, 1.54) is 13.3 Å². The van der Waals surface area contributed by atoms with Crippen LogP contribution < -0.4 is 0 Å². The van der Waals surface area contributed by atoms with Crippen LogP contribution in [0.1, 0.15) is 47.0 Å². The highest BCUT2D eigenvalue weighted by Gasteiger charge is 2.04. The number of hydrogen-bond donors (Lipinski definition) is 0. The summed E-state index contributed by atoms with van der Waals surface area (Å²) in [6.07, 6.45) is 3.43. The van der Waals surface area contributed by atoms with E-state index in [1.54, 1.807) is 0 Å². The van der Waals surface area contributed by atoms with Gasteiger partial charge < -0.3 is 4.74 Å². The standard InChI is InChI=1S/C10H20O2/c1-8(2)6-5-7-9(3)12-10(4)11/h8-9H,5-7H2,1-4H3. The maximum absolute atomic E-state index is 10.5. The second kappa shape index (κ2) is 6.04. The normalized spacial score (nSPS) is 13.1. The summed E-state index contributed by atoms with van der Waals surface area (Å²) >= 11 is 0. The average Bonchev–Trinajstić information content (AvgIpc) is 1.84. The summed E-state index contributed by atoms with van der Waals surface area (Å²) in [7, 11) is 0. The third-order valence-electron chi connectivity index (χ3n) is 1.76. The van der Waals surface area contributed by atoms with Gasteiger partial charge in [0.1, 0.15) is 0 Å². The van der Waals surface area contributed by atoms with Gasteiger partial charge in [0.25, 0.3) is 0 Å². The highest BCUT2D eigenvalue weighted by Crippen LogP contribution is 2.09. The van der Waals surface area contributed by atoms with Gasteiger partial charge in [-0.3, -0.25) is 4.79 Å². The fraction of sp³-hybridized carbons (Fsp3) is 0.900. The van der Waals surface area contributed by atoms with Crippen molar-refractivity contribution < 1.29 is 9.53 Å². The molecule has 0 aliphatic rings. The molecule has 0 radical (unpaired) electrons. The summed E-state index contributed by atoms with van der Waals surface area (Å²) < 4.78 is 4.99. The first kappa shape index (κ1) is 11.5. The lowest BCUT2D eigenvalue weighted by molar-refractivity contribution is -0.145. The van der Waals surface area contributed by atoms with Crippen molar-refractivity contribution >= 4 is 5.97 Å². The third kappa shape index (κ3) is 7.58. The first-order chi connectivity index (χ1) is 5.52. The molecule has 0 rings (SSSR count). The fourth-order valence-electron chi connectivity index (χ4n) is 1.16. The number of carbonyl (C=O) groups is 1. The van der Waals surface area contributed by atoms with E-state index < -0.39 is 0 Å². The van der Waals surface area contributed by atoms with Gasteiger partial charge in [-0.2, -0.15) is 0 Å². The van der Waals surface area contributed by atoms with Crippen molar-refractivity contribution in [1.82, 2.24) is 0 Å². The highest BCUT2D eigenvalue weighted by atomic mass is 16.5. The van der Waals surface area contributed by atoms with Gasteiger partial charge in [0.15, 0.2) is 0 Å². The maximum Gasteiger partial charge on any atom is 0.302 e. The minimum absolute atomic E-state index is 0.0845. The predicted octanol–water partition coefficient (Wildman–Crippen LogP) is 2.76. The van der Waals surface area contributed by atoms with E-state index in [0.29, 0.717) is 0 Å². The summed E-state index contributed by atoms with van der Waals surface area (Å²) in [5, 5.41) is 0. The minimum Gasteiger partial charge on any atom is -0.463 e. The van der Waals surface area contributed by atoms with Crippen LogP contribution in [-0.4, -0.2) is 12.1 Å². The van der Waals surface area contributed by atoms with Crippen molar-refractivity contribution in [1.29, 1.82) is 0 Å². The van der Waals surface area contributed by atoms with Crippen molar-refractivity contribution in [3.8, 4) is 0 Å². The molecule has 0 fully saturated rings. The van der Waals surface area contributed by atoms with Crippen LogP contribution in [0.2, 0.25) is 0 Å². The molecule has 12 heavy (non-hydrogen) atoms. The summed E-state index contributed by atoms with van der Waals surface area (Å²) in [6, 6.07) is 0. The van der Waals surface area contributed by atoms with Crippen LogP contribution in [0.25, 0.3) is 0 Å². The Balaban J connectivity index is 3.31. The molecule has 0 aliphatic carbocycles. The number of ether oxygens (including phenoxy) is 1. The summed E-state index contributed by atoms with van der Waals surface area (Å²) in [6.45, 7) is 7.81. The molecule has 1 atom stereocenters. The van der Waals surface area contributed by atoms with Crippen LogP contribution in [0, 0.1) is 5.92 Å². The number of hydrogen-bond acceptors (Lipinski definition) is 2. The lowest BCUT2D eigenvalue weighted by Crippen LogP contribution is -2.12. The van der Waals surface area contributed by atoms with Crippen molar-refractivity contribution in [2.45, 2.75) is 53.1 Å². The molecule has 0 spiro atoms. The van der Waals surface area contributed by atoms with E-state index in [9.17, 15) is 4.79 Å². The molecule has 0 N–H and O–H groups in total. The van der Waals surface area contributed by atoms with Gasteiger partial charge in [-0.15, -0.1) is 0 Å². The van der Waals surface area contributed by atoms with E-state index >= 15 is 0 Å².